The number of benzene rings is 1. The zero-order valence-corrected chi connectivity index (χ0v) is 11.9. The number of hydrogen-bond acceptors (Lipinski definition) is 2. The topological polar surface area (TPSA) is 56.3 Å². The predicted molar refractivity (Wildman–Crippen MR) is 78.7 cm³/mol. The number of nitrogens with one attached hydrogen (secondary N) is 1. The predicted octanol–water partition coefficient (Wildman–Crippen LogP) is 2.54. The third-order valence-corrected chi connectivity index (χ3v) is 4.13. The number of fused-ring (bicyclic) bond motifs is 1. The fourth-order valence-corrected chi connectivity index (χ4v) is 3.09. The van der Waals surface area contributed by atoms with Crippen molar-refractivity contribution in [3.8, 4) is 0 Å². The molecule has 2 N–H and O–H groups in total. The number of likely N-dealkylation sites (tertiary alicyclic amines) is 1. The van der Waals surface area contributed by atoms with E-state index in [9.17, 15) is 9.90 Å². The molecular weight excluding hydrogens is 252 g/mol. The molecule has 3 rings (SSSR count). The second-order valence-electron chi connectivity index (χ2n) is 6.09. The van der Waals surface area contributed by atoms with Crippen LogP contribution in [0.3, 0.4) is 0 Å². The average molecular weight is 272 g/mol. The smallest absolute Gasteiger partial charge is 0.254 e. The number of hydrogen-bond donors (Lipinski definition) is 2. The quantitative estimate of drug-likeness (QED) is 0.882. The van der Waals surface area contributed by atoms with Gasteiger partial charge in [0.15, 0.2) is 0 Å². The summed E-state index contributed by atoms with van der Waals surface area (Å²) in [5, 5.41) is 11.3. The summed E-state index contributed by atoms with van der Waals surface area (Å²) >= 11 is 0. The Morgan fingerprint density at radius 1 is 1.40 bits per heavy atom. The zero-order valence-electron chi connectivity index (χ0n) is 11.9. The summed E-state index contributed by atoms with van der Waals surface area (Å²) in [7, 11) is 0. The third kappa shape index (κ3) is 2.20. The Morgan fingerprint density at radius 2 is 2.20 bits per heavy atom. The maximum Gasteiger partial charge on any atom is 0.254 e. The summed E-state index contributed by atoms with van der Waals surface area (Å²) in [5.41, 5.74) is 0.786. The molecule has 0 radical (unpaired) electrons. The highest BCUT2D eigenvalue weighted by molar-refractivity contribution is 5.98. The van der Waals surface area contributed by atoms with Crippen molar-refractivity contribution in [3.63, 3.8) is 0 Å². The molecule has 0 spiro atoms. The molecule has 0 saturated carbocycles. The molecule has 0 aliphatic carbocycles. The molecule has 1 aliphatic rings. The maximum absolute atomic E-state index is 12.7. The Kier molecular flexibility index (Phi) is 3.05. The fourth-order valence-electron chi connectivity index (χ4n) is 3.09. The van der Waals surface area contributed by atoms with E-state index in [1.807, 2.05) is 35.4 Å². The Bertz CT molecular complexity index is 639. The number of H-pyrrole nitrogens is 1. The Balaban J connectivity index is 1.91. The number of rotatable bonds is 2. The van der Waals surface area contributed by atoms with Crippen LogP contribution in [0, 0.1) is 0 Å². The molecule has 0 bridgehead atoms. The number of amides is 1. The molecular formula is C16H20N2O2. The van der Waals surface area contributed by atoms with Crippen molar-refractivity contribution in [1.29, 1.82) is 0 Å². The average Bonchev–Trinajstić information content (AvgIpc) is 3.05. The van der Waals surface area contributed by atoms with E-state index in [1.165, 1.54) is 0 Å². The molecule has 4 nitrogen and oxygen atoms in total. The fraction of sp³-hybridized carbons (Fsp3) is 0.438. The Hall–Kier alpha value is -1.81. The monoisotopic (exact) mass is 272 g/mol. The largest absolute Gasteiger partial charge is 0.388 e. The first-order chi connectivity index (χ1) is 9.47. The first-order valence-corrected chi connectivity index (χ1v) is 7.07. The van der Waals surface area contributed by atoms with Gasteiger partial charge < -0.3 is 15.0 Å². The van der Waals surface area contributed by atoms with Crippen LogP contribution in [-0.2, 0) is 0 Å². The molecule has 4 heteroatoms. The summed E-state index contributed by atoms with van der Waals surface area (Å²) in [6.45, 7) is 4.27. The minimum Gasteiger partial charge on any atom is -0.388 e. The number of aromatic amines is 1. The van der Waals surface area contributed by atoms with Crippen LogP contribution in [0.15, 0.2) is 30.5 Å². The third-order valence-electron chi connectivity index (χ3n) is 4.13. The highest BCUT2D eigenvalue weighted by Crippen LogP contribution is 2.28. The van der Waals surface area contributed by atoms with Crippen molar-refractivity contribution in [1.82, 2.24) is 9.88 Å². The van der Waals surface area contributed by atoms with Gasteiger partial charge in [0.2, 0.25) is 0 Å². The minimum atomic E-state index is -0.858. The Morgan fingerprint density at radius 3 is 2.95 bits per heavy atom. The van der Waals surface area contributed by atoms with Crippen molar-refractivity contribution in [3.05, 3.63) is 36.0 Å². The maximum atomic E-state index is 12.7. The molecule has 1 atom stereocenters. The van der Waals surface area contributed by atoms with E-state index in [0.29, 0.717) is 5.56 Å². The van der Waals surface area contributed by atoms with Gasteiger partial charge in [-0.15, -0.1) is 0 Å². The van der Waals surface area contributed by atoms with Crippen LogP contribution in [0.4, 0.5) is 0 Å². The van der Waals surface area contributed by atoms with Gasteiger partial charge in [-0.05, 0) is 50.3 Å². The van der Waals surface area contributed by atoms with E-state index in [-0.39, 0.29) is 11.9 Å². The summed E-state index contributed by atoms with van der Waals surface area (Å²) in [5.74, 6) is 0.00567. The summed E-state index contributed by atoms with van der Waals surface area (Å²) in [6.07, 6.45) is 3.68. The summed E-state index contributed by atoms with van der Waals surface area (Å²) < 4.78 is 0. The molecule has 1 aromatic carbocycles. The zero-order chi connectivity index (χ0) is 14.3. The number of aliphatic hydroxyl groups is 1. The van der Waals surface area contributed by atoms with E-state index in [4.69, 9.17) is 0 Å². The van der Waals surface area contributed by atoms with Crippen LogP contribution in [0.2, 0.25) is 0 Å². The van der Waals surface area contributed by atoms with Crippen molar-refractivity contribution in [2.45, 2.75) is 38.3 Å². The molecule has 1 saturated heterocycles. The van der Waals surface area contributed by atoms with E-state index in [1.54, 1.807) is 13.8 Å². The van der Waals surface area contributed by atoms with Crippen LogP contribution in [0.5, 0.6) is 0 Å². The van der Waals surface area contributed by atoms with E-state index in [0.717, 1.165) is 30.3 Å². The molecule has 1 aliphatic heterocycles. The van der Waals surface area contributed by atoms with Crippen LogP contribution in [0.25, 0.3) is 10.9 Å². The van der Waals surface area contributed by atoms with Gasteiger partial charge in [0.25, 0.3) is 5.91 Å². The molecule has 2 aromatic rings. The lowest BCUT2D eigenvalue weighted by molar-refractivity contribution is 0.000342. The number of nitrogens with zero attached hydrogens (tertiary/aromatic N) is 1. The molecule has 1 amide bonds. The van der Waals surface area contributed by atoms with Crippen molar-refractivity contribution >= 4 is 16.8 Å². The molecule has 1 unspecified atom stereocenters. The van der Waals surface area contributed by atoms with Gasteiger partial charge in [-0.3, -0.25) is 4.79 Å². The number of carbonyl (C=O) groups is 1. The van der Waals surface area contributed by atoms with Gasteiger partial charge in [-0.1, -0.05) is 6.07 Å². The van der Waals surface area contributed by atoms with E-state index in [2.05, 4.69) is 4.98 Å². The standard InChI is InChI=1S/C16H20N2O2/c1-16(2,20)14-4-3-9-18(14)15(19)12-6-5-11-7-8-17-13(11)10-12/h5-8,10,14,17,20H,3-4,9H2,1-2H3. The van der Waals surface area contributed by atoms with E-state index >= 15 is 0 Å². The van der Waals surface area contributed by atoms with Crippen molar-refractivity contribution < 1.29 is 9.90 Å². The first-order valence-electron chi connectivity index (χ1n) is 7.07. The Labute approximate surface area is 118 Å². The van der Waals surface area contributed by atoms with Gasteiger partial charge in [0, 0.05) is 23.8 Å². The van der Waals surface area contributed by atoms with Crippen LogP contribution in [-0.4, -0.2) is 39.1 Å². The van der Waals surface area contributed by atoms with Crippen LogP contribution < -0.4 is 0 Å². The number of carbonyl (C=O) groups excluding carboxylic acids is 1. The molecule has 2 heterocycles. The lowest BCUT2D eigenvalue weighted by Gasteiger charge is -2.33. The van der Waals surface area contributed by atoms with Gasteiger partial charge >= 0.3 is 0 Å². The SMILES string of the molecule is CC(C)(O)C1CCCN1C(=O)c1ccc2cc[nH]c2c1. The van der Waals surface area contributed by atoms with Crippen molar-refractivity contribution in [2.75, 3.05) is 6.54 Å². The highest BCUT2D eigenvalue weighted by atomic mass is 16.3. The molecule has 1 fully saturated rings. The van der Waals surface area contributed by atoms with Gasteiger partial charge in [0.1, 0.15) is 0 Å². The highest BCUT2D eigenvalue weighted by Gasteiger charge is 2.38. The van der Waals surface area contributed by atoms with Gasteiger partial charge in [0.05, 0.1) is 11.6 Å². The number of aromatic nitrogens is 1. The minimum absolute atomic E-state index is 0.00567. The normalized spacial score (nSPS) is 19.8. The van der Waals surface area contributed by atoms with Gasteiger partial charge in [-0.25, -0.2) is 0 Å². The molecule has 1 aromatic heterocycles. The van der Waals surface area contributed by atoms with E-state index < -0.39 is 5.60 Å². The van der Waals surface area contributed by atoms with Crippen molar-refractivity contribution in [2.24, 2.45) is 0 Å². The summed E-state index contributed by atoms with van der Waals surface area (Å²) in [6, 6.07) is 7.58. The first kappa shape index (κ1) is 13.2. The second kappa shape index (κ2) is 4.63. The lowest BCUT2D eigenvalue weighted by atomic mass is 9.96. The molecule has 106 valence electrons. The van der Waals surface area contributed by atoms with Crippen LogP contribution >= 0.6 is 0 Å². The summed E-state index contributed by atoms with van der Waals surface area (Å²) in [4.78, 5) is 17.6. The lowest BCUT2D eigenvalue weighted by Crippen LogP contribution is -2.48. The van der Waals surface area contributed by atoms with Gasteiger partial charge in [-0.2, -0.15) is 0 Å². The second-order valence-corrected chi connectivity index (χ2v) is 6.09. The van der Waals surface area contributed by atoms with Crippen LogP contribution in [0.1, 0.15) is 37.0 Å². The molecule has 20 heavy (non-hydrogen) atoms.